The molecule has 2 aromatic carbocycles. The van der Waals surface area contributed by atoms with Crippen LogP contribution in [0.3, 0.4) is 0 Å². The Kier molecular flexibility index (Phi) is 4.38. The quantitative estimate of drug-likeness (QED) is 0.670. The second kappa shape index (κ2) is 6.85. The molecule has 0 spiro atoms. The van der Waals surface area contributed by atoms with Gasteiger partial charge in [-0.15, -0.1) is 11.3 Å². The van der Waals surface area contributed by atoms with E-state index in [1.165, 1.54) is 16.2 Å². The molecule has 0 aliphatic carbocycles. The summed E-state index contributed by atoms with van der Waals surface area (Å²) < 4.78 is 0. The molecule has 0 unspecified atom stereocenters. The van der Waals surface area contributed by atoms with Crippen LogP contribution in [0.25, 0.3) is 5.57 Å². The summed E-state index contributed by atoms with van der Waals surface area (Å²) in [5, 5.41) is 5.07. The zero-order valence-corrected chi connectivity index (χ0v) is 15.8. The van der Waals surface area contributed by atoms with Gasteiger partial charge < -0.3 is 5.32 Å². The molecule has 0 atom stereocenters. The fourth-order valence-corrected chi connectivity index (χ4v) is 3.77. The van der Waals surface area contributed by atoms with Crippen LogP contribution in [0.15, 0.2) is 71.7 Å². The average molecular weight is 374 g/mol. The Hall–Kier alpha value is -3.18. The Balaban J connectivity index is 1.78. The number of rotatable bonds is 4. The number of nitrogens with one attached hydrogen (secondary N) is 1. The molecule has 1 aromatic heterocycles. The third-order valence-corrected chi connectivity index (χ3v) is 5.35. The zero-order valence-electron chi connectivity index (χ0n) is 15.0. The van der Waals surface area contributed by atoms with E-state index in [1.807, 2.05) is 67.8 Å². The summed E-state index contributed by atoms with van der Waals surface area (Å²) in [4.78, 5) is 28.4. The van der Waals surface area contributed by atoms with Crippen molar-refractivity contribution in [2.75, 3.05) is 10.2 Å². The molecular formula is C22H18N2O2S. The molecule has 2 heterocycles. The molecule has 4 nitrogen and oxygen atoms in total. The lowest BCUT2D eigenvalue weighted by molar-refractivity contribution is -0.120. The topological polar surface area (TPSA) is 49.4 Å². The van der Waals surface area contributed by atoms with Crippen LogP contribution in [0.1, 0.15) is 16.0 Å². The summed E-state index contributed by atoms with van der Waals surface area (Å²) >= 11 is 1.44. The van der Waals surface area contributed by atoms with Gasteiger partial charge in [-0.3, -0.25) is 9.59 Å². The lowest BCUT2D eigenvalue weighted by Crippen LogP contribution is -2.32. The van der Waals surface area contributed by atoms with E-state index in [1.54, 1.807) is 12.1 Å². The number of thiophene rings is 1. The molecule has 4 rings (SSSR count). The molecular weight excluding hydrogens is 356 g/mol. The number of amides is 2. The Morgan fingerprint density at radius 3 is 2.04 bits per heavy atom. The lowest BCUT2D eigenvalue weighted by Gasteiger charge is -2.15. The maximum atomic E-state index is 13.2. The van der Waals surface area contributed by atoms with Crippen molar-refractivity contribution in [1.29, 1.82) is 0 Å². The first kappa shape index (κ1) is 17.2. The van der Waals surface area contributed by atoms with Crippen LogP contribution in [0.4, 0.5) is 11.4 Å². The predicted octanol–water partition coefficient (Wildman–Crippen LogP) is 4.76. The van der Waals surface area contributed by atoms with Crippen molar-refractivity contribution >= 4 is 40.1 Å². The molecule has 134 valence electrons. The first-order valence-electron chi connectivity index (χ1n) is 8.62. The molecule has 0 saturated heterocycles. The molecule has 1 aliphatic heterocycles. The molecule has 0 radical (unpaired) electrons. The first-order valence-corrected chi connectivity index (χ1v) is 9.50. The largest absolute Gasteiger partial charge is 0.350 e. The number of carbonyl (C=O) groups is 2. The summed E-state index contributed by atoms with van der Waals surface area (Å²) in [5.74, 6) is -0.645. The van der Waals surface area contributed by atoms with E-state index in [-0.39, 0.29) is 11.8 Å². The van der Waals surface area contributed by atoms with Gasteiger partial charge in [0.2, 0.25) is 0 Å². The minimum Gasteiger partial charge on any atom is -0.350 e. The van der Waals surface area contributed by atoms with Gasteiger partial charge in [-0.05, 0) is 49.6 Å². The van der Waals surface area contributed by atoms with Crippen molar-refractivity contribution < 1.29 is 9.59 Å². The van der Waals surface area contributed by atoms with E-state index in [0.717, 1.165) is 21.7 Å². The monoisotopic (exact) mass is 374 g/mol. The molecule has 3 aromatic rings. The highest BCUT2D eigenvalue weighted by atomic mass is 32.1. The highest BCUT2D eigenvalue weighted by Gasteiger charge is 2.40. The average Bonchev–Trinajstić information content (AvgIpc) is 3.26. The van der Waals surface area contributed by atoms with Gasteiger partial charge in [0.1, 0.15) is 5.70 Å². The molecule has 0 fully saturated rings. The van der Waals surface area contributed by atoms with E-state index in [4.69, 9.17) is 0 Å². The third kappa shape index (κ3) is 3.17. The maximum absolute atomic E-state index is 13.2. The van der Waals surface area contributed by atoms with Crippen molar-refractivity contribution in [3.8, 4) is 0 Å². The van der Waals surface area contributed by atoms with Crippen LogP contribution < -0.4 is 10.2 Å². The summed E-state index contributed by atoms with van der Waals surface area (Å²) in [7, 11) is 0. The summed E-state index contributed by atoms with van der Waals surface area (Å²) in [6.07, 6.45) is 0. The number of nitrogens with zero attached hydrogens (tertiary/aromatic N) is 1. The Morgan fingerprint density at radius 1 is 0.815 bits per heavy atom. The summed E-state index contributed by atoms with van der Waals surface area (Å²) in [6.45, 7) is 3.97. The zero-order chi connectivity index (χ0) is 19.0. The number of benzene rings is 2. The number of hydrogen-bond donors (Lipinski definition) is 1. The maximum Gasteiger partial charge on any atom is 0.282 e. The van der Waals surface area contributed by atoms with Crippen LogP contribution in [-0.2, 0) is 9.59 Å². The minimum absolute atomic E-state index is 0.305. The van der Waals surface area contributed by atoms with Crippen molar-refractivity contribution in [1.82, 2.24) is 0 Å². The van der Waals surface area contributed by atoms with Crippen LogP contribution in [0.2, 0.25) is 0 Å². The molecule has 0 bridgehead atoms. The number of hydrogen-bond acceptors (Lipinski definition) is 4. The second-order valence-corrected chi connectivity index (χ2v) is 7.45. The highest BCUT2D eigenvalue weighted by Crippen LogP contribution is 2.35. The van der Waals surface area contributed by atoms with Gasteiger partial charge in [-0.1, -0.05) is 41.5 Å². The molecule has 27 heavy (non-hydrogen) atoms. The molecule has 2 amide bonds. The summed E-state index contributed by atoms with van der Waals surface area (Å²) in [6, 6.07) is 18.9. The van der Waals surface area contributed by atoms with Gasteiger partial charge in [0.05, 0.1) is 11.3 Å². The Morgan fingerprint density at radius 2 is 1.44 bits per heavy atom. The second-order valence-electron chi connectivity index (χ2n) is 6.50. The number of carbonyl (C=O) groups excluding carboxylic acids is 2. The van der Waals surface area contributed by atoms with Crippen LogP contribution in [0.5, 0.6) is 0 Å². The van der Waals surface area contributed by atoms with Crippen molar-refractivity contribution in [3.63, 3.8) is 0 Å². The molecule has 0 saturated carbocycles. The number of imide groups is 1. The third-order valence-electron chi connectivity index (χ3n) is 4.46. The van der Waals surface area contributed by atoms with Gasteiger partial charge >= 0.3 is 0 Å². The van der Waals surface area contributed by atoms with Crippen LogP contribution in [0, 0.1) is 13.8 Å². The highest BCUT2D eigenvalue weighted by molar-refractivity contribution is 7.11. The van der Waals surface area contributed by atoms with E-state index >= 15 is 0 Å². The van der Waals surface area contributed by atoms with Crippen molar-refractivity contribution in [3.05, 3.63) is 87.7 Å². The van der Waals surface area contributed by atoms with Gasteiger partial charge in [-0.2, -0.15) is 0 Å². The number of aryl methyl sites for hydroxylation is 2. The van der Waals surface area contributed by atoms with E-state index < -0.39 is 0 Å². The molecule has 1 aliphatic rings. The minimum atomic E-state index is -0.340. The molecule has 5 heteroatoms. The Labute approximate surface area is 161 Å². The fraction of sp³-hybridized carbons (Fsp3) is 0.0909. The fourth-order valence-electron chi connectivity index (χ4n) is 3.00. The van der Waals surface area contributed by atoms with Crippen molar-refractivity contribution in [2.24, 2.45) is 0 Å². The lowest BCUT2D eigenvalue weighted by atomic mass is 10.1. The van der Waals surface area contributed by atoms with Gasteiger partial charge in [0.25, 0.3) is 11.8 Å². The van der Waals surface area contributed by atoms with Crippen LogP contribution in [-0.4, -0.2) is 11.8 Å². The standard InChI is InChI=1S/C22H18N2O2S/c1-14-5-9-16(10-6-14)23-20-19(18-4-3-13-27-18)21(25)24(22(20)26)17-11-7-15(2)8-12-17/h3-13,23H,1-2H3. The van der Waals surface area contributed by atoms with Gasteiger partial charge in [0.15, 0.2) is 0 Å². The normalized spacial score (nSPS) is 14.2. The smallest absolute Gasteiger partial charge is 0.282 e. The SMILES string of the molecule is Cc1ccc(NC2=C(c3cccs3)C(=O)N(c3ccc(C)cc3)C2=O)cc1. The van der Waals surface area contributed by atoms with Gasteiger partial charge in [0, 0.05) is 10.6 Å². The van der Waals surface area contributed by atoms with Gasteiger partial charge in [-0.25, -0.2) is 4.90 Å². The number of anilines is 2. The van der Waals surface area contributed by atoms with E-state index in [0.29, 0.717) is 17.0 Å². The van der Waals surface area contributed by atoms with E-state index in [9.17, 15) is 9.59 Å². The van der Waals surface area contributed by atoms with Crippen molar-refractivity contribution in [2.45, 2.75) is 13.8 Å². The predicted molar refractivity (Wildman–Crippen MR) is 110 cm³/mol. The first-order chi connectivity index (χ1) is 13.0. The van der Waals surface area contributed by atoms with Crippen LogP contribution >= 0.6 is 11.3 Å². The molecule has 1 N–H and O–H groups in total. The Bertz CT molecular complexity index is 1030. The summed E-state index contributed by atoms with van der Waals surface area (Å²) in [5.41, 5.74) is 4.27. The van der Waals surface area contributed by atoms with E-state index in [2.05, 4.69) is 5.32 Å².